The van der Waals surface area contributed by atoms with Gasteiger partial charge in [-0.05, 0) is 12.3 Å². The van der Waals surface area contributed by atoms with Gasteiger partial charge in [-0.2, -0.15) is 0 Å². The molecule has 52 valence electrons. The predicted octanol–water partition coefficient (Wildman–Crippen LogP) is 1.55. The fourth-order valence-electron chi connectivity index (χ4n) is 0.330. The van der Waals surface area contributed by atoms with Gasteiger partial charge in [0.2, 0.25) is 0 Å². The lowest BCUT2D eigenvalue weighted by Gasteiger charge is -1.91. The highest BCUT2D eigenvalue weighted by Crippen LogP contribution is 1.73. The van der Waals surface area contributed by atoms with Crippen molar-refractivity contribution in [2.75, 3.05) is 6.54 Å². The minimum Gasteiger partial charge on any atom is -0.353 e. The van der Waals surface area contributed by atoms with E-state index in [1.54, 1.807) is 6.34 Å². The summed E-state index contributed by atoms with van der Waals surface area (Å²) in [5, 5.41) is 2.81. The van der Waals surface area contributed by atoms with Crippen LogP contribution in [0.1, 0.15) is 20.3 Å². The van der Waals surface area contributed by atoms with Crippen LogP contribution in [0.4, 0.5) is 0 Å². The fourth-order valence-corrected chi connectivity index (χ4v) is 0.330. The molecule has 0 aromatic rings. The summed E-state index contributed by atoms with van der Waals surface area (Å²) in [7, 11) is 0. The maximum absolute atomic E-state index is 3.85. The van der Waals surface area contributed by atoms with E-state index in [-0.39, 0.29) is 0 Å². The van der Waals surface area contributed by atoms with E-state index >= 15 is 0 Å². The zero-order chi connectivity index (χ0) is 6.95. The van der Waals surface area contributed by atoms with Crippen molar-refractivity contribution >= 4 is 6.34 Å². The highest BCUT2D eigenvalue weighted by Gasteiger charge is 1.73. The zero-order valence-corrected chi connectivity index (χ0v) is 6.09. The number of hydrogen-bond donors (Lipinski definition) is 1. The van der Waals surface area contributed by atoms with Crippen LogP contribution in [-0.4, -0.2) is 12.9 Å². The molecular weight excluding hydrogens is 112 g/mol. The van der Waals surface area contributed by atoms with E-state index in [1.807, 2.05) is 12.3 Å². The maximum Gasteiger partial charge on any atom is 0.0867 e. The first-order valence-electron chi connectivity index (χ1n) is 3.31. The fraction of sp³-hybridized carbons (Fsp3) is 0.571. The molecule has 0 aliphatic carbocycles. The smallest absolute Gasteiger partial charge is 0.0867 e. The molecular formula is C7H14N2. The second-order valence-electron chi connectivity index (χ2n) is 1.77. The SMILES string of the molecule is C1=CNC=NC1.CCC. The Labute approximate surface area is 56.7 Å². The first-order chi connectivity index (χ1) is 4.41. The molecule has 0 saturated carbocycles. The molecule has 1 aliphatic heterocycles. The zero-order valence-electron chi connectivity index (χ0n) is 6.09. The lowest BCUT2D eigenvalue weighted by atomic mass is 10.6. The van der Waals surface area contributed by atoms with E-state index in [0.29, 0.717) is 0 Å². The molecule has 0 amide bonds. The number of hydrogen-bond acceptors (Lipinski definition) is 2. The van der Waals surface area contributed by atoms with Crippen LogP contribution < -0.4 is 5.32 Å². The maximum atomic E-state index is 3.85. The second-order valence-corrected chi connectivity index (χ2v) is 1.77. The Morgan fingerprint density at radius 3 is 2.33 bits per heavy atom. The van der Waals surface area contributed by atoms with Gasteiger partial charge in [-0.3, -0.25) is 4.99 Å². The minimum absolute atomic E-state index is 0.826. The summed E-state index contributed by atoms with van der Waals surface area (Å²) < 4.78 is 0. The molecule has 0 bridgehead atoms. The summed E-state index contributed by atoms with van der Waals surface area (Å²) in [5.74, 6) is 0. The monoisotopic (exact) mass is 126 g/mol. The van der Waals surface area contributed by atoms with Crippen molar-refractivity contribution in [1.29, 1.82) is 0 Å². The Kier molecular flexibility index (Phi) is 6.58. The molecule has 1 rings (SSSR count). The minimum atomic E-state index is 0.826. The van der Waals surface area contributed by atoms with Gasteiger partial charge in [0.15, 0.2) is 0 Å². The Morgan fingerprint density at radius 1 is 1.56 bits per heavy atom. The highest BCUT2D eigenvalue weighted by molar-refractivity contribution is 5.56. The van der Waals surface area contributed by atoms with E-state index in [2.05, 4.69) is 24.2 Å². The lowest BCUT2D eigenvalue weighted by molar-refractivity contribution is 1.09. The van der Waals surface area contributed by atoms with Crippen LogP contribution in [0.15, 0.2) is 17.3 Å². The van der Waals surface area contributed by atoms with Gasteiger partial charge >= 0.3 is 0 Å². The third kappa shape index (κ3) is 7.21. The van der Waals surface area contributed by atoms with E-state index in [4.69, 9.17) is 0 Å². The molecule has 1 aliphatic rings. The third-order valence-corrected chi connectivity index (χ3v) is 0.591. The molecule has 1 N–H and O–H groups in total. The average molecular weight is 126 g/mol. The van der Waals surface area contributed by atoms with Crippen LogP contribution in [0.3, 0.4) is 0 Å². The van der Waals surface area contributed by atoms with Gasteiger partial charge in [0.1, 0.15) is 0 Å². The topological polar surface area (TPSA) is 24.4 Å². The van der Waals surface area contributed by atoms with Gasteiger partial charge in [0, 0.05) is 0 Å². The summed E-state index contributed by atoms with van der Waals surface area (Å²) in [6.45, 7) is 5.08. The standard InChI is InChI=1S/C4H6N2.C3H8/c1-2-5-4-6-3-1;1-3-2/h1-2,4H,3H2,(H,5,6);3H2,1-2H3. The van der Waals surface area contributed by atoms with Crippen LogP contribution in [0.25, 0.3) is 0 Å². The number of nitrogens with zero attached hydrogens (tertiary/aromatic N) is 1. The summed E-state index contributed by atoms with van der Waals surface area (Å²) >= 11 is 0. The quantitative estimate of drug-likeness (QED) is 0.523. The van der Waals surface area contributed by atoms with Gasteiger partial charge < -0.3 is 5.32 Å². The third-order valence-electron chi connectivity index (χ3n) is 0.591. The van der Waals surface area contributed by atoms with Crippen molar-refractivity contribution < 1.29 is 0 Å². The number of aliphatic imine (C=N–C) groups is 1. The van der Waals surface area contributed by atoms with Crippen LogP contribution in [0.2, 0.25) is 0 Å². The van der Waals surface area contributed by atoms with Crippen molar-refractivity contribution in [1.82, 2.24) is 5.32 Å². The first-order valence-corrected chi connectivity index (χ1v) is 3.31. The predicted molar refractivity (Wildman–Crippen MR) is 41.6 cm³/mol. The van der Waals surface area contributed by atoms with E-state index in [9.17, 15) is 0 Å². The van der Waals surface area contributed by atoms with E-state index in [0.717, 1.165) is 6.54 Å². The van der Waals surface area contributed by atoms with Crippen molar-refractivity contribution in [3.63, 3.8) is 0 Å². The Morgan fingerprint density at radius 2 is 2.22 bits per heavy atom. The van der Waals surface area contributed by atoms with Crippen LogP contribution >= 0.6 is 0 Å². The molecule has 0 unspecified atom stereocenters. The van der Waals surface area contributed by atoms with Crippen molar-refractivity contribution in [3.8, 4) is 0 Å². The molecule has 0 radical (unpaired) electrons. The number of rotatable bonds is 0. The first kappa shape index (κ1) is 8.21. The molecule has 0 fully saturated rings. The molecule has 0 aromatic carbocycles. The summed E-state index contributed by atoms with van der Waals surface area (Å²) in [6, 6.07) is 0. The van der Waals surface area contributed by atoms with E-state index < -0.39 is 0 Å². The molecule has 0 spiro atoms. The van der Waals surface area contributed by atoms with E-state index in [1.165, 1.54) is 6.42 Å². The van der Waals surface area contributed by atoms with Crippen molar-refractivity contribution in [2.24, 2.45) is 4.99 Å². The molecule has 1 heterocycles. The van der Waals surface area contributed by atoms with Crippen LogP contribution in [0.5, 0.6) is 0 Å². The largest absolute Gasteiger partial charge is 0.353 e. The van der Waals surface area contributed by atoms with Gasteiger partial charge in [-0.15, -0.1) is 0 Å². The molecule has 0 atom stereocenters. The Balaban J connectivity index is 0.000000187. The molecule has 9 heavy (non-hydrogen) atoms. The molecule has 0 aromatic heterocycles. The second kappa shape index (κ2) is 7.21. The summed E-state index contributed by atoms with van der Waals surface area (Å²) in [5.41, 5.74) is 0. The molecule has 0 saturated heterocycles. The summed E-state index contributed by atoms with van der Waals surface area (Å²) in [4.78, 5) is 3.85. The van der Waals surface area contributed by atoms with Crippen molar-refractivity contribution in [3.05, 3.63) is 12.3 Å². The Hall–Kier alpha value is -0.790. The summed E-state index contributed by atoms with van der Waals surface area (Å²) in [6.07, 6.45) is 6.76. The molecule has 2 heteroatoms. The van der Waals surface area contributed by atoms with Gasteiger partial charge in [-0.25, -0.2) is 0 Å². The Bertz CT molecular complexity index is 75.1. The van der Waals surface area contributed by atoms with Gasteiger partial charge in [0.25, 0.3) is 0 Å². The number of nitrogens with one attached hydrogen (secondary N) is 1. The van der Waals surface area contributed by atoms with Crippen LogP contribution in [-0.2, 0) is 0 Å². The van der Waals surface area contributed by atoms with Gasteiger partial charge in [0.05, 0.1) is 12.9 Å². The lowest BCUT2D eigenvalue weighted by Crippen LogP contribution is -2.04. The average Bonchev–Trinajstić information content (AvgIpc) is 1.93. The normalized spacial score (nSPS) is 13.6. The van der Waals surface area contributed by atoms with Crippen molar-refractivity contribution in [2.45, 2.75) is 20.3 Å². The highest BCUT2D eigenvalue weighted by atomic mass is 14.9. The van der Waals surface area contributed by atoms with Gasteiger partial charge in [-0.1, -0.05) is 20.3 Å². The van der Waals surface area contributed by atoms with Crippen LogP contribution in [0, 0.1) is 0 Å². The molecule has 2 nitrogen and oxygen atoms in total.